The van der Waals surface area contributed by atoms with Crippen molar-refractivity contribution in [3.05, 3.63) is 46.3 Å². The smallest absolute Gasteiger partial charge is 0.267 e. The second-order valence-electron chi connectivity index (χ2n) is 5.04. The van der Waals surface area contributed by atoms with Gasteiger partial charge in [-0.15, -0.1) is 0 Å². The molecule has 116 valence electrons. The van der Waals surface area contributed by atoms with Gasteiger partial charge in [0.15, 0.2) is 0 Å². The molecule has 0 aromatic heterocycles. The maximum absolute atomic E-state index is 12.4. The summed E-state index contributed by atoms with van der Waals surface area (Å²) < 4.78 is 30.0. The van der Waals surface area contributed by atoms with E-state index in [9.17, 15) is 8.42 Å². The van der Waals surface area contributed by atoms with Gasteiger partial charge in [0.1, 0.15) is 5.25 Å². The van der Waals surface area contributed by atoms with Crippen LogP contribution in [0.15, 0.2) is 35.4 Å². The lowest BCUT2D eigenvalue weighted by atomic mass is 10.0. The molecule has 0 aliphatic rings. The van der Waals surface area contributed by atoms with Crippen molar-refractivity contribution in [1.29, 1.82) is 0 Å². The molecule has 0 saturated heterocycles. The topological polar surface area (TPSA) is 92.1 Å². The van der Waals surface area contributed by atoms with E-state index in [0.717, 1.165) is 0 Å². The summed E-state index contributed by atoms with van der Waals surface area (Å²) >= 11 is 0. The predicted octanol–water partition coefficient (Wildman–Crippen LogP) is 3.96. The molecule has 0 amide bonds. The Morgan fingerprint density at radius 2 is 1.90 bits per heavy atom. The van der Waals surface area contributed by atoms with E-state index in [1.54, 1.807) is 38.1 Å². The fourth-order valence-corrected chi connectivity index (χ4v) is 3.66. The van der Waals surface area contributed by atoms with Crippen LogP contribution in [0.3, 0.4) is 0 Å². The molecule has 1 aromatic carbocycles. The Labute approximate surface area is 125 Å². The van der Waals surface area contributed by atoms with Crippen LogP contribution < -0.4 is 0 Å². The zero-order chi connectivity index (χ0) is 15.9. The normalized spacial score (nSPS) is 14.5. The highest BCUT2D eigenvalue weighted by Gasteiger charge is 2.31. The van der Waals surface area contributed by atoms with E-state index >= 15 is 0 Å². The van der Waals surface area contributed by atoms with Gasteiger partial charge in [-0.25, -0.2) is 0 Å². The van der Waals surface area contributed by atoms with Gasteiger partial charge in [-0.1, -0.05) is 42.4 Å². The van der Waals surface area contributed by atoms with Gasteiger partial charge < -0.3 is 0 Å². The van der Waals surface area contributed by atoms with E-state index in [0.29, 0.717) is 12.0 Å². The molecule has 0 N–H and O–H groups in total. The van der Waals surface area contributed by atoms with Gasteiger partial charge in [0.2, 0.25) is 0 Å². The molecule has 0 saturated carbocycles. The van der Waals surface area contributed by atoms with Crippen molar-refractivity contribution in [3.8, 4) is 0 Å². The standard InChI is InChI=1S/C14H21N3O3S/c1-4-13(16-17-15)10-14(12-8-6-5-7-9-12)21(18,19)20-11(2)3/h5-9,11,13-14H,4,10H2,1-3H3/t13-,14+/m0/s1. The van der Waals surface area contributed by atoms with Crippen LogP contribution in [-0.2, 0) is 14.3 Å². The van der Waals surface area contributed by atoms with Crippen LogP contribution in [0.2, 0.25) is 0 Å². The van der Waals surface area contributed by atoms with Gasteiger partial charge in [-0.05, 0) is 37.8 Å². The summed E-state index contributed by atoms with van der Waals surface area (Å²) in [4.78, 5) is 2.79. The van der Waals surface area contributed by atoms with Crippen molar-refractivity contribution in [3.63, 3.8) is 0 Å². The van der Waals surface area contributed by atoms with Crippen molar-refractivity contribution in [2.24, 2.45) is 5.11 Å². The molecule has 0 aliphatic heterocycles. The molecule has 2 atom stereocenters. The third-order valence-corrected chi connectivity index (χ3v) is 4.83. The van der Waals surface area contributed by atoms with Crippen LogP contribution in [0.5, 0.6) is 0 Å². The maximum atomic E-state index is 12.4. The number of azide groups is 1. The van der Waals surface area contributed by atoms with E-state index in [2.05, 4.69) is 10.0 Å². The average molecular weight is 311 g/mol. The van der Waals surface area contributed by atoms with Crippen molar-refractivity contribution in [2.45, 2.75) is 51.0 Å². The Kier molecular flexibility index (Phi) is 6.68. The van der Waals surface area contributed by atoms with Gasteiger partial charge in [0, 0.05) is 11.0 Å². The van der Waals surface area contributed by atoms with Crippen molar-refractivity contribution in [1.82, 2.24) is 0 Å². The third kappa shape index (κ3) is 5.38. The van der Waals surface area contributed by atoms with E-state index in [4.69, 9.17) is 9.71 Å². The van der Waals surface area contributed by atoms with Crippen molar-refractivity contribution in [2.75, 3.05) is 0 Å². The van der Waals surface area contributed by atoms with Gasteiger partial charge in [-0.2, -0.15) is 8.42 Å². The van der Waals surface area contributed by atoms with E-state index in [1.807, 2.05) is 13.0 Å². The Morgan fingerprint density at radius 1 is 1.29 bits per heavy atom. The molecule has 7 heteroatoms. The lowest BCUT2D eigenvalue weighted by molar-refractivity contribution is 0.242. The first-order chi connectivity index (χ1) is 9.90. The molecule has 6 nitrogen and oxygen atoms in total. The Balaban J connectivity index is 3.15. The van der Waals surface area contributed by atoms with Crippen LogP contribution in [0.25, 0.3) is 10.4 Å². The molecule has 1 rings (SSSR count). The van der Waals surface area contributed by atoms with E-state index in [-0.39, 0.29) is 12.5 Å². The van der Waals surface area contributed by atoms with Crippen molar-refractivity contribution >= 4 is 10.1 Å². The molecule has 1 aromatic rings. The first-order valence-corrected chi connectivity index (χ1v) is 8.39. The number of hydrogen-bond acceptors (Lipinski definition) is 4. The summed E-state index contributed by atoms with van der Waals surface area (Å²) in [7, 11) is -3.78. The van der Waals surface area contributed by atoms with Crippen LogP contribution in [0.4, 0.5) is 0 Å². The molecule has 0 aliphatic carbocycles. The lowest BCUT2D eigenvalue weighted by Crippen LogP contribution is -2.23. The molecular formula is C14H21N3O3S. The first kappa shape index (κ1) is 17.5. The summed E-state index contributed by atoms with van der Waals surface area (Å²) in [5.41, 5.74) is 9.22. The van der Waals surface area contributed by atoms with Gasteiger partial charge in [-0.3, -0.25) is 4.18 Å². The molecule has 21 heavy (non-hydrogen) atoms. The lowest BCUT2D eigenvalue weighted by Gasteiger charge is -2.21. The zero-order valence-corrected chi connectivity index (χ0v) is 13.3. The Hall–Kier alpha value is -1.56. The molecule has 0 radical (unpaired) electrons. The van der Waals surface area contributed by atoms with Crippen LogP contribution in [-0.4, -0.2) is 20.6 Å². The summed E-state index contributed by atoms with van der Waals surface area (Å²) in [5, 5.41) is 2.82. The predicted molar refractivity (Wildman–Crippen MR) is 82.2 cm³/mol. The summed E-state index contributed by atoms with van der Waals surface area (Å²) in [5.74, 6) is 0. The quantitative estimate of drug-likeness (QED) is 0.315. The van der Waals surface area contributed by atoms with Crippen LogP contribution in [0.1, 0.15) is 44.4 Å². The zero-order valence-electron chi connectivity index (χ0n) is 12.5. The number of rotatable bonds is 8. The second-order valence-corrected chi connectivity index (χ2v) is 6.79. The third-order valence-electron chi connectivity index (χ3n) is 3.02. The van der Waals surface area contributed by atoms with Gasteiger partial charge in [0.25, 0.3) is 10.1 Å². The largest absolute Gasteiger partial charge is 0.274 e. The van der Waals surface area contributed by atoms with Crippen LogP contribution >= 0.6 is 0 Å². The summed E-state index contributed by atoms with van der Waals surface area (Å²) in [6.07, 6.45) is 0.352. The minimum Gasteiger partial charge on any atom is -0.267 e. The molecule has 0 bridgehead atoms. The highest BCUT2D eigenvalue weighted by molar-refractivity contribution is 7.87. The maximum Gasteiger partial charge on any atom is 0.274 e. The second kappa shape index (κ2) is 8.02. The SMILES string of the molecule is CC[C@@H](C[C@H](c1ccccc1)S(=O)(=O)OC(C)C)N=[N+]=[N-]. The number of nitrogens with zero attached hydrogens (tertiary/aromatic N) is 3. The fourth-order valence-electron chi connectivity index (χ4n) is 2.04. The highest BCUT2D eigenvalue weighted by atomic mass is 32.2. The van der Waals surface area contributed by atoms with E-state index in [1.165, 1.54) is 0 Å². The molecule has 0 fully saturated rings. The number of benzene rings is 1. The van der Waals surface area contributed by atoms with Crippen LogP contribution in [0, 0.1) is 0 Å². The monoisotopic (exact) mass is 311 g/mol. The van der Waals surface area contributed by atoms with Gasteiger partial charge >= 0.3 is 0 Å². The van der Waals surface area contributed by atoms with Gasteiger partial charge in [0.05, 0.1) is 6.10 Å². The Bertz CT molecular complexity index is 581. The fraction of sp³-hybridized carbons (Fsp3) is 0.571. The van der Waals surface area contributed by atoms with E-state index < -0.39 is 21.5 Å². The average Bonchev–Trinajstić information content (AvgIpc) is 2.42. The highest BCUT2D eigenvalue weighted by Crippen LogP contribution is 2.31. The Morgan fingerprint density at radius 3 is 2.38 bits per heavy atom. The minimum atomic E-state index is -3.78. The summed E-state index contributed by atoms with van der Waals surface area (Å²) in [6.45, 7) is 5.20. The first-order valence-electron chi connectivity index (χ1n) is 6.92. The molecular weight excluding hydrogens is 290 g/mol. The molecule has 0 heterocycles. The summed E-state index contributed by atoms with van der Waals surface area (Å²) in [6, 6.07) is 8.49. The van der Waals surface area contributed by atoms with Crippen molar-refractivity contribution < 1.29 is 12.6 Å². The molecule has 0 spiro atoms. The molecule has 0 unspecified atom stereocenters. The minimum absolute atomic E-state index is 0.208. The number of hydrogen-bond donors (Lipinski definition) is 0.